The molecule has 0 saturated carbocycles. The molecule has 0 aliphatic heterocycles. The van der Waals surface area contributed by atoms with Crippen molar-refractivity contribution in [2.75, 3.05) is 18.9 Å². The predicted octanol–water partition coefficient (Wildman–Crippen LogP) is 3.59. The van der Waals surface area contributed by atoms with E-state index in [1.807, 2.05) is 24.3 Å². The molecule has 31 heavy (non-hydrogen) atoms. The Kier molecular flexibility index (Phi) is 6.21. The monoisotopic (exact) mass is 418 g/mol. The molecule has 1 aliphatic carbocycles. The first-order chi connectivity index (χ1) is 15.0. The molecule has 3 aromatic carbocycles. The lowest BCUT2D eigenvalue weighted by molar-refractivity contribution is 0.0137. The Morgan fingerprint density at radius 2 is 1.61 bits per heavy atom. The molecular weight excluding hydrogens is 392 g/mol. The molecule has 0 saturated heterocycles. The van der Waals surface area contributed by atoms with Crippen molar-refractivity contribution in [2.45, 2.75) is 24.5 Å². The van der Waals surface area contributed by atoms with Crippen molar-refractivity contribution in [1.29, 1.82) is 0 Å². The number of benzene rings is 3. The molecule has 1 amide bonds. The van der Waals surface area contributed by atoms with Gasteiger partial charge in [0.05, 0.1) is 6.10 Å². The Morgan fingerprint density at radius 3 is 2.26 bits per heavy atom. The van der Waals surface area contributed by atoms with Gasteiger partial charge in [-0.05, 0) is 46.4 Å². The maximum absolute atomic E-state index is 12.2. The molecule has 3 aromatic rings. The number of aliphatic hydroxyl groups excluding tert-OH is 2. The van der Waals surface area contributed by atoms with Crippen LogP contribution in [0.4, 0.5) is 10.5 Å². The molecule has 2 atom stereocenters. The highest BCUT2D eigenvalue weighted by atomic mass is 16.5. The Morgan fingerprint density at radius 1 is 0.968 bits per heavy atom. The van der Waals surface area contributed by atoms with Crippen LogP contribution in [0, 0.1) is 0 Å². The lowest BCUT2D eigenvalue weighted by Gasteiger charge is -2.19. The van der Waals surface area contributed by atoms with Crippen molar-refractivity contribution < 1.29 is 19.7 Å². The van der Waals surface area contributed by atoms with Crippen LogP contribution in [0.2, 0.25) is 0 Å². The largest absolute Gasteiger partial charge is 0.449 e. The third kappa shape index (κ3) is 4.55. The van der Waals surface area contributed by atoms with Crippen LogP contribution in [0.25, 0.3) is 11.1 Å². The molecule has 0 fully saturated rings. The first-order valence-electron chi connectivity index (χ1n) is 10.3. The number of anilines is 1. The van der Waals surface area contributed by atoms with Gasteiger partial charge < -0.3 is 26.0 Å². The Hall–Kier alpha value is -3.35. The zero-order chi connectivity index (χ0) is 21.8. The van der Waals surface area contributed by atoms with Crippen molar-refractivity contribution >= 4 is 11.8 Å². The van der Waals surface area contributed by atoms with E-state index >= 15 is 0 Å². The summed E-state index contributed by atoms with van der Waals surface area (Å²) in [6, 6.07) is 23.0. The molecule has 6 nitrogen and oxygen atoms in total. The molecule has 0 aromatic heterocycles. The van der Waals surface area contributed by atoms with Crippen LogP contribution in [0.3, 0.4) is 0 Å². The summed E-state index contributed by atoms with van der Waals surface area (Å²) in [5.41, 5.74) is 11.4. The Balaban J connectivity index is 1.28. The van der Waals surface area contributed by atoms with Gasteiger partial charge in [0.2, 0.25) is 0 Å². The van der Waals surface area contributed by atoms with Crippen molar-refractivity contribution in [2.24, 2.45) is 0 Å². The zero-order valence-corrected chi connectivity index (χ0v) is 17.1. The average Bonchev–Trinajstić information content (AvgIpc) is 3.11. The lowest BCUT2D eigenvalue weighted by atomic mass is 9.98. The quantitative estimate of drug-likeness (QED) is 0.439. The first-order valence-corrected chi connectivity index (χ1v) is 10.3. The number of ether oxygens (including phenoxy) is 1. The number of hydrogen-bond donors (Lipinski definition) is 4. The van der Waals surface area contributed by atoms with E-state index in [0.29, 0.717) is 11.3 Å². The van der Waals surface area contributed by atoms with E-state index in [-0.39, 0.29) is 25.5 Å². The molecule has 5 N–H and O–H groups in total. The van der Waals surface area contributed by atoms with Crippen molar-refractivity contribution in [3.05, 3.63) is 89.5 Å². The van der Waals surface area contributed by atoms with Gasteiger partial charge in [-0.1, -0.05) is 60.7 Å². The highest BCUT2D eigenvalue weighted by molar-refractivity contribution is 5.79. The SMILES string of the molecule is Nc1cccc(C(O)C(O)CCNC(=O)OCC2c3ccccc3-c3ccccc32)c1. The van der Waals surface area contributed by atoms with Gasteiger partial charge in [-0.2, -0.15) is 0 Å². The minimum Gasteiger partial charge on any atom is -0.449 e. The molecule has 0 spiro atoms. The fraction of sp³-hybridized carbons (Fsp3) is 0.240. The molecule has 1 aliphatic rings. The normalized spacial score (nSPS) is 14.4. The maximum atomic E-state index is 12.2. The smallest absolute Gasteiger partial charge is 0.407 e. The standard InChI is InChI=1S/C25H26N2O4/c26-17-7-5-6-16(14-17)24(29)23(28)12-13-27-25(30)31-15-22-20-10-3-1-8-18(20)19-9-2-4-11-21(19)22/h1-11,14,22-24,28-29H,12-13,15,26H2,(H,27,30). The highest BCUT2D eigenvalue weighted by Gasteiger charge is 2.29. The third-order valence-corrected chi connectivity index (χ3v) is 5.67. The number of rotatable bonds is 7. The second-order valence-electron chi connectivity index (χ2n) is 7.72. The number of carbonyl (C=O) groups excluding carboxylic acids is 1. The van der Waals surface area contributed by atoms with E-state index < -0.39 is 18.3 Å². The summed E-state index contributed by atoms with van der Waals surface area (Å²) in [5, 5.41) is 23.1. The summed E-state index contributed by atoms with van der Waals surface area (Å²) in [5.74, 6) is -0.00546. The van der Waals surface area contributed by atoms with Crippen LogP contribution in [-0.2, 0) is 4.74 Å². The fourth-order valence-corrected chi connectivity index (χ4v) is 4.09. The van der Waals surface area contributed by atoms with Gasteiger partial charge in [0.15, 0.2) is 0 Å². The molecule has 4 rings (SSSR count). The molecular formula is C25H26N2O4. The van der Waals surface area contributed by atoms with Gasteiger partial charge in [-0.3, -0.25) is 0 Å². The fourth-order valence-electron chi connectivity index (χ4n) is 4.09. The molecule has 6 heteroatoms. The summed E-state index contributed by atoms with van der Waals surface area (Å²) in [4.78, 5) is 12.2. The van der Waals surface area contributed by atoms with Crippen LogP contribution in [-0.4, -0.2) is 35.6 Å². The summed E-state index contributed by atoms with van der Waals surface area (Å²) >= 11 is 0. The Bertz CT molecular complexity index is 1020. The van der Waals surface area contributed by atoms with Crippen molar-refractivity contribution in [3.63, 3.8) is 0 Å². The molecule has 0 bridgehead atoms. The number of alkyl carbamates (subject to hydrolysis) is 1. The molecule has 0 heterocycles. The van der Waals surface area contributed by atoms with Crippen molar-refractivity contribution in [3.8, 4) is 11.1 Å². The van der Waals surface area contributed by atoms with Gasteiger partial charge in [-0.25, -0.2) is 4.79 Å². The van der Waals surface area contributed by atoms with E-state index in [1.165, 1.54) is 11.1 Å². The van der Waals surface area contributed by atoms with E-state index in [4.69, 9.17) is 10.5 Å². The number of nitrogens with two attached hydrogens (primary N) is 1. The number of nitrogens with one attached hydrogen (secondary N) is 1. The number of carbonyl (C=O) groups is 1. The number of fused-ring (bicyclic) bond motifs is 3. The van der Waals surface area contributed by atoms with Crippen LogP contribution < -0.4 is 11.1 Å². The van der Waals surface area contributed by atoms with Gasteiger partial charge in [0.25, 0.3) is 0 Å². The Labute approximate surface area is 181 Å². The van der Waals surface area contributed by atoms with Gasteiger partial charge in [-0.15, -0.1) is 0 Å². The van der Waals surface area contributed by atoms with E-state index in [1.54, 1.807) is 24.3 Å². The first kappa shape index (κ1) is 20.9. The van der Waals surface area contributed by atoms with Crippen LogP contribution in [0.1, 0.15) is 35.1 Å². The van der Waals surface area contributed by atoms with E-state index in [2.05, 4.69) is 29.6 Å². The highest BCUT2D eigenvalue weighted by Crippen LogP contribution is 2.44. The topological polar surface area (TPSA) is 105 Å². The number of amides is 1. The lowest BCUT2D eigenvalue weighted by Crippen LogP contribution is -2.30. The van der Waals surface area contributed by atoms with Gasteiger partial charge >= 0.3 is 6.09 Å². The van der Waals surface area contributed by atoms with Crippen LogP contribution in [0.5, 0.6) is 0 Å². The molecule has 2 unspecified atom stereocenters. The molecule has 0 radical (unpaired) electrons. The maximum Gasteiger partial charge on any atom is 0.407 e. The summed E-state index contributed by atoms with van der Waals surface area (Å²) in [6.07, 6.45) is -2.48. The summed E-state index contributed by atoms with van der Waals surface area (Å²) < 4.78 is 5.47. The minimum absolute atomic E-state index is 0.00546. The minimum atomic E-state index is -1.08. The van der Waals surface area contributed by atoms with E-state index in [9.17, 15) is 15.0 Å². The number of aliphatic hydroxyl groups is 2. The average molecular weight is 418 g/mol. The zero-order valence-electron chi connectivity index (χ0n) is 17.1. The number of hydrogen-bond acceptors (Lipinski definition) is 5. The summed E-state index contributed by atoms with van der Waals surface area (Å²) in [7, 11) is 0. The molecule has 160 valence electrons. The number of nitrogen functional groups attached to an aromatic ring is 1. The second kappa shape index (κ2) is 9.20. The van der Waals surface area contributed by atoms with Gasteiger partial charge in [0, 0.05) is 18.2 Å². The second-order valence-corrected chi connectivity index (χ2v) is 7.72. The van der Waals surface area contributed by atoms with Crippen LogP contribution >= 0.6 is 0 Å². The van der Waals surface area contributed by atoms with E-state index in [0.717, 1.165) is 11.1 Å². The third-order valence-electron chi connectivity index (χ3n) is 5.67. The van der Waals surface area contributed by atoms with Crippen LogP contribution in [0.15, 0.2) is 72.8 Å². The van der Waals surface area contributed by atoms with Crippen molar-refractivity contribution in [1.82, 2.24) is 5.32 Å². The van der Waals surface area contributed by atoms with Gasteiger partial charge in [0.1, 0.15) is 12.7 Å². The predicted molar refractivity (Wildman–Crippen MR) is 120 cm³/mol. The summed E-state index contributed by atoms with van der Waals surface area (Å²) in [6.45, 7) is 0.408.